The van der Waals surface area contributed by atoms with E-state index in [1.54, 1.807) is 0 Å². The highest BCUT2D eigenvalue weighted by atomic mass is 79.9. The molecule has 21 heavy (non-hydrogen) atoms. The Kier molecular flexibility index (Phi) is 4.26. The third-order valence-corrected chi connectivity index (χ3v) is 4.52. The molecule has 0 N–H and O–H groups in total. The van der Waals surface area contributed by atoms with Gasteiger partial charge in [0.2, 0.25) is 0 Å². The first-order valence-electron chi connectivity index (χ1n) is 7.33. The smallest absolute Gasteiger partial charge is 0.101 e. The summed E-state index contributed by atoms with van der Waals surface area (Å²) in [4.78, 5) is 2.35. The lowest BCUT2D eigenvalue weighted by Crippen LogP contribution is -2.30. The lowest BCUT2D eigenvalue weighted by molar-refractivity contribution is 0.577. The van der Waals surface area contributed by atoms with Gasteiger partial charge in [-0.3, -0.25) is 0 Å². The minimum Gasteiger partial charge on any atom is -0.370 e. The molecule has 0 aromatic heterocycles. The number of halogens is 1. The van der Waals surface area contributed by atoms with Crippen LogP contribution in [-0.4, -0.2) is 13.1 Å². The Morgan fingerprint density at radius 2 is 1.57 bits per heavy atom. The van der Waals surface area contributed by atoms with Crippen molar-refractivity contribution >= 4 is 21.6 Å². The summed E-state index contributed by atoms with van der Waals surface area (Å²) < 4.78 is 1.08. The first-order valence-corrected chi connectivity index (χ1v) is 8.12. The van der Waals surface area contributed by atoms with Crippen molar-refractivity contribution in [1.82, 2.24) is 0 Å². The van der Waals surface area contributed by atoms with E-state index in [0.717, 1.165) is 28.8 Å². The Morgan fingerprint density at radius 1 is 0.905 bits per heavy atom. The van der Waals surface area contributed by atoms with Gasteiger partial charge in [0.15, 0.2) is 0 Å². The lowest BCUT2D eigenvalue weighted by atomic mass is 10.0. The van der Waals surface area contributed by atoms with E-state index in [1.807, 2.05) is 24.3 Å². The minimum atomic E-state index is 0.776. The first kappa shape index (κ1) is 14.2. The van der Waals surface area contributed by atoms with E-state index in [1.165, 1.54) is 30.4 Å². The van der Waals surface area contributed by atoms with Crippen LogP contribution in [0.4, 0.5) is 5.69 Å². The van der Waals surface area contributed by atoms with Gasteiger partial charge in [-0.15, -0.1) is 0 Å². The molecule has 1 saturated heterocycles. The van der Waals surface area contributed by atoms with Gasteiger partial charge in [-0.05, 0) is 54.7 Å². The quantitative estimate of drug-likeness (QED) is 0.770. The Morgan fingerprint density at radius 3 is 2.24 bits per heavy atom. The van der Waals surface area contributed by atoms with E-state index in [9.17, 15) is 5.26 Å². The van der Waals surface area contributed by atoms with Gasteiger partial charge < -0.3 is 4.90 Å². The highest BCUT2D eigenvalue weighted by Gasteiger charge is 2.15. The predicted molar refractivity (Wildman–Crippen MR) is 90.4 cm³/mol. The highest BCUT2D eigenvalue weighted by molar-refractivity contribution is 9.10. The lowest BCUT2D eigenvalue weighted by Gasteiger charge is -2.30. The number of anilines is 1. The summed E-state index contributed by atoms with van der Waals surface area (Å²) in [6.45, 7) is 2.11. The molecule has 0 unspecified atom stereocenters. The van der Waals surface area contributed by atoms with Gasteiger partial charge in [-0.1, -0.05) is 34.1 Å². The molecule has 0 atom stereocenters. The maximum Gasteiger partial charge on any atom is 0.101 e. The van der Waals surface area contributed by atoms with Crippen LogP contribution >= 0.6 is 15.9 Å². The third-order valence-electron chi connectivity index (χ3n) is 3.99. The van der Waals surface area contributed by atoms with Crippen LogP contribution in [0.1, 0.15) is 24.8 Å². The zero-order valence-electron chi connectivity index (χ0n) is 11.8. The van der Waals surface area contributed by atoms with Gasteiger partial charge in [0, 0.05) is 17.6 Å². The molecule has 1 aliphatic rings. The fourth-order valence-corrected chi connectivity index (χ4v) is 3.11. The standard InChI is InChI=1S/C18H17BrN2/c19-17-8-6-14(7-9-17)15-4-5-16(13-20)18(12-15)21-10-2-1-3-11-21/h4-9,12H,1-3,10-11H2. The number of hydrogen-bond acceptors (Lipinski definition) is 2. The molecule has 3 rings (SSSR count). The molecule has 2 aromatic carbocycles. The summed E-state index contributed by atoms with van der Waals surface area (Å²) in [5.41, 5.74) is 4.21. The summed E-state index contributed by atoms with van der Waals surface area (Å²) in [6, 6.07) is 16.8. The van der Waals surface area contributed by atoms with E-state index >= 15 is 0 Å². The Hall–Kier alpha value is -1.79. The van der Waals surface area contributed by atoms with Gasteiger partial charge in [-0.2, -0.15) is 5.26 Å². The van der Waals surface area contributed by atoms with Crippen molar-refractivity contribution in [2.45, 2.75) is 19.3 Å². The SMILES string of the molecule is N#Cc1ccc(-c2ccc(Br)cc2)cc1N1CCCCC1. The van der Waals surface area contributed by atoms with Gasteiger partial charge >= 0.3 is 0 Å². The summed E-state index contributed by atoms with van der Waals surface area (Å²) in [7, 11) is 0. The number of nitriles is 1. The van der Waals surface area contributed by atoms with Gasteiger partial charge in [0.25, 0.3) is 0 Å². The summed E-state index contributed by atoms with van der Waals surface area (Å²) >= 11 is 3.47. The first-order chi connectivity index (χ1) is 10.3. The van der Waals surface area contributed by atoms with Gasteiger partial charge in [0.1, 0.15) is 6.07 Å². The molecule has 0 bridgehead atoms. The minimum absolute atomic E-state index is 0.776. The van der Waals surface area contributed by atoms with Crippen LogP contribution < -0.4 is 4.90 Å². The fourth-order valence-electron chi connectivity index (χ4n) is 2.84. The molecule has 1 aliphatic heterocycles. The van der Waals surface area contributed by atoms with Crippen LogP contribution in [0, 0.1) is 11.3 Å². The zero-order valence-corrected chi connectivity index (χ0v) is 13.4. The Balaban J connectivity index is 2.00. The van der Waals surface area contributed by atoms with Crippen molar-refractivity contribution in [3.05, 3.63) is 52.5 Å². The molecule has 1 fully saturated rings. The third kappa shape index (κ3) is 3.11. The van der Waals surface area contributed by atoms with Crippen molar-refractivity contribution in [2.24, 2.45) is 0 Å². The van der Waals surface area contributed by atoms with E-state index in [2.05, 4.69) is 45.1 Å². The highest BCUT2D eigenvalue weighted by Crippen LogP contribution is 2.30. The van der Waals surface area contributed by atoms with Crippen molar-refractivity contribution in [3.63, 3.8) is 0 Å². The van der Waals surface area contributed by atoms with E-state index in [0.29, 0.717) is 0 Å². The molecule has 0 amide bonds. The van der Waals surface area contributed by atoms with Crippen molar-refractivity contribution in [1.29, 1.82) is 5.26 Å². The van der Waals surface area contributed by atoms with Crippen LogP contribution in [0.15, 0.2) is 46.9 Å². The molecule has 106 valence electrons. The molecule has 0 aliphatic carbocycles. The number of hydrogen-bond donors (Lipinski definition) is 0. The van der Waals surface area contributed by atoms with Crippen LogP contribution in [0.5, 0.6) is 0 Å². The summed E-state index contributed by atoms with van der Waals surface area (Å²) in [5, 5.41) is 9.36. The predicted octanol–water partition coefficient (Wildman–Crippen LogP) is 4.98. The van der Waals surface area contributed by atoms with E-state index in [-0.39, 0.29) is 0 Å². The number of nitrogens with zero attached hydrogens (tertiary/aromatic N) is 2. The molecule has 0 saturated carbocycles. The Bertz CT molecular complexity index is 665. The molecule has 2 nitrogen and oxygen atoms in total. The number of rotatable bonds is 2. The molecule has 0 radical (unpaired) electrons. The Labute approximate surface area is 134 Å². The summed E-state index contributed by atoms with van der Waals surface area (Å²) in [6.07, 6.45) is 3.73. The molecule has 2 aromatic rings. The van der Waals surface area contributed by atoms with Gasteiger partial charge in [0.05, 0.1) is 11.3 Å². The number of benzene rings is 2. The van der Waals surface area contributed by atoms with E-state index in [4.69, 9.17) is 0 Å². The largest absolute Gasteiger partial charge is 0.370 e. The topological polar surface area (TPSA) is 27.0 Å². The van der Waals surface area contributed by atoms with Crippen LogP contribution in [0.2, 0.25) is 0 Å². The second-order valence-corrected chi connectivity index (χ2v) is 6.31. The van der Waals surface area contributed by atoms with Gasteiger partial charge in [-0.25, -0.2) is 0 Å². The maximum atomic E-state index is 9.36. The number of piperidine rings is 1. The van der Waals surface area contributed by atoms with Crippen molar-refractivity contribution in [2.75, 3.05) is 18.0 Å². The average molecular weight is 341 g/mol. The average Bonchev–Trinajstić information content (AvgIpc) is 2.56. The summed E-state index contributed by atoms with van der Waals surface area (Å²) in [5.74, 6) is 0. The fraction of sp³-hybridized carbons (Fsp3) is 0.278. The molecule has 1 heterocycles. The molecular formula is C18H17BrN2. The molecular weight excluding hydrogens is 324 g/mol. The second-order valence-electron chi connectivity index (χ2n) is 5.40. The molecule has 3 heteroatoms. The van der Waals surface area contributed by atoms with Crippen molar-refractivity contribution in [3.8, 4) is 17.2 Å². The second kappa shape index (κ2) is 6.32. The van der Waals surface area contributed by atoms with Crippen molar-refractivity contribution < 1.29 is 0 Å². The van der Waals surface area contributed by atoms with Crippen LogP contribution in [-0.2, 0) is 0 Å². The van der Waals surface area contributed by atoms with Crippen LogP contribution in [0.25, 0.3) is 11.1 Å². The maximum absolute atomic E-state index is 9.36. The normalized spacial score (nSPS) is 14.8. The zero-order chi connectivity index (χ0) is 14.7. The monoisotopic (exact) mass is 340 g/mol. The van der Waals surface area contributed by atoms with E-state index < -0.39 is 0 Å². The van der Waals surface area contributed by atoms with Crippen LogP contribution in [0.3, 0.4) is 0 Å². The molecule has 0 spiro atoms.